The molecule has 0 saturated heterocycles. The molecule has 1 heterocycles. The zero-order chi connectivity index (χ0) is 19.5. The molecule has 0 bridgehead atoms. The third-order valence-electron chi connectivity index (χ3n) is 4.79. The number of ether oxygens (including phenoxy) is 1. The Hall–Kier alpha value is -3.04. The molecule has 0 spiro atoms. The van der Waals surface area contributed by atoms with Crippen LogP contribution < -0.4 is 9.64 Å². The number of carbonyl (C=O) groups excluding carboxylic acids is 1. The SMILES string of the molecule is CCN1C(=O)/C(=C\c2ccc(OCc3ccc(Cl)cc3)cc2)c2ccccc21. The van der Waals surface area contributed by atoms with E-state index >= 15 is 0 Å². The summed E-state index contributed by atoms with van der Waals surface area (Å²) in [5, 5.41) is 0.714. The zero-order valence-electron chi connectivity index (χ0n) is 15.6. The number of anilines is 1. The maximum atomic E-state index is 12.8. The van der Waals surface area contributed by atoms with Gasteiger partial charge in [0.25, 0.3) is 5.91 Å². The van der Waals surface area contributed by atoms with Crippen molar-refractivity contribution in [2.75, 3.05) is 11.4 Å². The fourth-order valence-electron chi connectivity index (χ4n) is 3.33. The summed E-state index contributed by atoms with van der Waals surface area (Å²) in [6.45, 7) is 3.13. The number of hydrogen-bond acceptors (Lipinski definition) is 2. The zero-order valence-corrected chi connectivity index (χ0v) is 16.3. The molecule has 1 amide bonds. The second-order valence-corrected chi connectivity index (χ2v) is 7.05. The van der Waals surface area contributed by atoms with E-state index in [0.717, 1.165) is 33.7 Å². The molecule has 140 valence electrons. The molecule has 1 aliphatic rings. The van der Waals surface area contributed by atoms with Gasteiger partial charge in [-0.15, -0.1) is 0 Å². The van der Waals surface area contributed by atoms with E-state index in [0.29, 0.717) is 18.2 Å². The Morgan fingerprint density at radius 2 is 1.68 bits per heavy atom. The van der Waals surface area contributed by atoms with Crippen LogP contribution in [0.2, 0.25) is 5.02 Å². The minimum Gasteiger partial charge on any atom is -0.489 e. The first-order valence-corrected chi connectivity index (χ1v) is 9.64. The number of halogens is 1. The van der Waals surface area contributed by atoms with Gasteiger partial charge in [-0.3, -0.25) is 4.79 Å². The number of hydrogen-bond donors (Lipinski definition) is 0. The number of amides is 1. The number of para-hydroxylation sites is 1. The molecule has 0 unspecified atom stereocenters. The highest BCUT2D eigenvalue weighted by atomic mass is 35.5. The molecular weight excluding hydrogens is 370 g/mol. The van der Waals surface area contributed by atoms with Crippen LogP contribution in [-0.2, 0) is 11.4 Å². The topological polar surface area (TPSA) is 29.5 Å². The van der Waals surface area contributed by atoms with E-state index in [1.54, 1.807) is 0 Å². The number of likely N-dealkylation sites (N-methyl/N-ethyl adjacent to an activating group) is 1. The second-order valence-electron chi connectivity index (χ2n) is 6.61. The van der Waals surface area contributed by atoms with Gasteiger partial charge in [0.2, 0.25) is 0 Å². The largest absolute Gasteiger partial charge is 0.489 e. The predicted octanol–water partition coefficient (Wildman–Crippen LogP) is 5.83. The molecule has 0 atom stereocenters. The quantitative estimate of drug-likeness (QED) is 0.514. The number of rotatable bonds is 5. The van der Waals surface area contributed by atoms with Crippen LogP contribution in [0.25, 0.3) is 11.6 Å². The van der Waals surface area contributed by atoms with E-state index in [-0.39, 0.29) is 5.91 Å². The van der Waals surface area contributed by atoms with Gasteiger partial charge in [0.1, 0.15) is 12.4 Å². The van der Waals surface area contributed by atoms with E-state index < -0.39 is 0 Å². The predicted molar refractivity (Wildman–Crippen MR) is 115 cm³/mol. The van der Waals surface area contributed by atoms with E-state index in [1.165, 1.54) is 0 Å². The molecule has 28 heavy (non-hydrogen) atoms. The van der Waals surface area contributed by atoms with Crippen LogP contribution >= 0.6 is 11.6 Å². The normalized spacial score (nSPS) is 14.4. The molecule has 4 rings (SSSR count). The summed E-state index contributed by atoms with van der Waals surface area (Å²) in [7, 11) is 0. The van der Waals surface area contributed by atoms with E-state index in [9.17, 15) is 4.79 Å². The minimum absolute atomic E-state index is 0.0479. The first kappa shape index (κ1) is 18.3. The van der Waals surface area contributed by atoms with E-state index in [1.807, 2.05) is 90.7 Å². The molecule has 3 aromatic carbocycles. The van der Waals surface area contributed by atoms with Crippen molar-refractivity contribution < 1.29 is 9.53 Å². The third kappa shape index (κ3) is 3.67. The number of fused-ring (bicyclic) bond motifs is 1. The van der Waals surface area contributed by atoms with Gasteiger partial charge in [0, 0.05) is 22.7 Å². The Kier molecular flexibility index (Phi) is 5.18. The van der Waals surface area contributed by atoms with Crippen molar-refractivity contribution in [3.63, 3.8) is 0 Å². The summed E-state index contributed by atoms with van der Waals surface area (Å²) in [6, 6.07) is 23.3. The molecular formula is C24H20ClNO2. The summed E-state index contributed by atoms with van der Waals surface area (Å²) in [6.07, 6.45) is 1.94. The van der Waals surface area contributed by atoms with Crippen LogP contribution in [0, 0.1) is 0 Å². The van der Waals surface area contributed by atoms with Gasteiger partial charge in [-0.25, -0.2) is 0 Å². The van der Waals surface area contributed by atoms with Crippen molar-refractivity contribution in [3.05, 3.63) is 94.5 Å². The van der Waals surface area contributed by atoms with Gasteiger partial charge in [0.05, 0.1) is 5.69 Å². The highest BCUT2D eigenvalue weighted by molar-refractivity contribution is 6.35. The lowest BCUT2D eigenvalue weighted by atomic mass is 10.0. The monoisotopic (exact) mass is 389 g/mol. The van der Waals surface area contributed by atoms with Crippen molar-refractivity contribution in [1.82, 2.24) is 0 Å². The van der Waals surface area contributed by atoms with Gasteiger partial charge < -0.3 is 9.64 Å². The summed E-state index contributed by atoms with van der Waals surface area (Å²) >= 11 is 5.90. The summed E-state index contributed by atoms with van der Waals surface area (Å²) < 4.78 is 5.83. The smallest absolute Gasteiger partial charge is 0.258 e. The lowest BCUT2D eigenvalue weighted by Crippen LogP contribution is -2.25. The average Bonchev–Trinajstić information content (AvgIpc) is 2.99. The first-order valence-electron chi connectivity index (χ1n) is 9.26. The fourth-order valence-corrected chi connectivity index (χ4v) is 3.46. The van der Waals surface area contributed by atoms with Crippen molar-refractivity contribution in [2.24, 2.45) is 0 Å². The lowest BCUT2D eigenvalue weighted by molar-refractivity contribution is -0.112. The molecule has 3 nitrogen and oxygen atoms in total. The summed E-state index contributed by atoms with van der Waals surface area (Å²) in [5.74, 6) is 0.831. The van der Waals surface area contributed by atoms with Gasteiger partial charge in [-0.05, 0) is 54.5 Å². The second kappa shape index (κ2) is 7.91. The molecule has 0 aliphatic carbocycles. The highest BCUT2D eigenvalue weighted by Gasteiger charge is 2.30. The van der Waals surface area contributed by atoms with Crippen LogP contribution in [0.15, 0.2) is 72.8 Å². The summed E-state index contributed by atoms with van der Waals surface area (Å²) in [5.41, 5.74) is 4.72. The van der Waals surface area contributed by atoms with Gasteiger partial charge >= 0.3 is 0 Å². The van der Waals surface area contributed by atoms with Crippen LogP contribution in [-0.4, -0.2) is 12.5 Å². The van der Waals surface area contributed by atoms with E-state index in [4.69, 9.17) is 16.3 Å². The van der Waals surface area contributed by atoms with Crippen molar-refractivity contribution in [3.8, 4) is 5.75 Å². The fraction of sp³-hybridized carbons (Fsp3) is 0.125. The molecule has 0 saturated carbocycles. The number of carbonyl (C=O) groups is 1. The van der Waals surface area contributed by atoms with Gasteiger partial charge in [-0.2, -0.15) is 0 Å². The lowest BCUT2D eigenvalue weighted by Gasteiger charge is -2.13. The molecule has 0 radical (unpaired) electrons. The summed E-state index contributed by atoms with van der Waals surface area (Å²) in [4.78, 5) is 14.6. The number of nitrogens with zero attached hydrogens (tertiary/aromatic N) is 1. The van der Waals surface area contributed by atoms with Crippen LogP contribution in [0.5, 0.6) is 5.75 Å². The van der Waals surface area contributed by atoms with Crippen LogP contribution in [0.1, 0.15) is 23.6 Å². The minimum atomic E-state index is 0.0479. The van der Waals surface area contributed by atoms with Crippen molar-refractivity contribution in [1.29, 1.82) is 0 Å². The Morgan fingerprint density at radius 1 is 0.964 bits per heavy atom. The van der Waals surface area contributed by atoms with Gasteiger partial charge in [0.15, 0.2) is 0 Å². The van der Waals surface area contributed by atoms with Crippen LogP contribution in [0.4, 0.5) is 5.69 Å². The Morgan fingerprint density at radius 3 is 2.39 bits per heavy atom. The molecule has 4 heteroatoms. The maximum absolute atomic E-state index is 12.8. The molecule has 1 aliphatic heterocycles. The maximum Gasteiger partial charge on any atom is 0.258 e. The highest BCUT2D eigenvalue weighted by Crippen LogP contribution is 2.37. The third-order valence-corrected chi connectivity index (χ3v) is 5.04. The van der Waals surface area contributed by atoms with Gasteiger partial charge in [-0.1, -0.05) is 54.1 Å². The molecule has 0 N–H and O–H groups in total. The molecule has 3 aromatic rings. The Bertz CT molecular complexity index is 1020. The van der Waals surface area contributed by atoms with E-state index in [2.05, 4.69) is 0 Å². The number of benzene rings is 3. The van der Waals surface area contributed by atoms with Crippen LogP contribution in [0.3, 0.4) is 0 Å². The molecule has 0 aromatic heterocycles. The standard InChI is InChI=1S/C24H20ClNO2/c1-2-26-23-6-4-3-5-21(23)22(24(26)27)15-17-9-13-20(14-10-17)28-16-18-7-11-19(25)12-8-18/h3-15H,2,16H2,1H3/b22-15-. The average molecular weight is 390 g/mol. The Balaban J connectivity index is 1.51. The van der Waals surface area contributed by atoms with Crippen molar-refractivity contribution in [2.45, 2.75) is 13.5 Å². The molecule has 0 fully saturated rings. The van der Waals surface area contributed by atoms with Crippen molar-refractivity contribution >= 4 is 34.8 Å². The Labute approximate surface area is 169 Å². The first-order chi connectivity index (χ1) is 13.7.